The number of hydrogen-bond acceptors (Lipinski definition) is 3. The standard InChI is InChI=1S/C22H34N2O2/c1-4-15-5-6-18-17(13-26)19(7-8-21(15,18)2)22(3)10-14-11-23-24-20(14)9-16(22)12-25/h4,11,16-19,25-26H,5-10,12-13H2,1-3H3,(H,23,24)/b15-4+/t16-,17+,18+,19+,21-,22+/m1/s1. The third kappa shape index (κ3) is 2.45. The van der Waals surface area contributed by atoms with Gasteiger partial charge in [0.05, 0.1) is 6.20 Å². The van der Waals surface area contributed by atoms with Crippen LogP contribution in [0, 0.1) is 34.5 Å². The number of aromatic nitrogens is 2. The van der Waals surface area contributed by atoms with Crippen LogP contribution < -0.4 is 0 Å². The fourth-order valence-electron chi connectivity index (χ4n) is 7.09. The molecule has 1 heterocycles. The second-order valence-corrected chi connectivity index (χ2v) is 9.51. The quantitative estimate of drug-likeness (QED) is 0.724. The predicted molar refractivity (Wildman–Crippen MR) is 103 cm³/mol. The number of nitrogens with one attached hydrogen (secondary N) is 1. The third-order valence-corrected chi connectivity index (χ3v) is 8.67. The zero-order chi connectivity index (χ0) is 18.5. The normalized spacial score (nSPS) is 44.1. The maximum Gasteiger partial charge on any atom is 0.0522 e. The van der Waals surface area contributed by atoms with E-state index >= 15 is 0 Å². The lowest BCUT2D eigenvalue weighted by Crippen LogP contribution is -2.52. The second-order valence-electron chi connectivity index (χ2n) is 9.51. The van der Waals surface area contributed by atoms with E-state index in [4.69, 9.17) is 0 Å². The van der Waals surface area contributed by atoms with Crippen molar-refractivity contribution in [3.8, 4) is 0 Å². The molecule has 0 aliphatic heterocycles. The number of H-pyrrole nitrogens is 1. The van der Waals surface area contributed by atoms with Crippen LogP contribution in [0.5, 0.6) is 0 Å². The van der Waals surface area contributed by atoms with E-state index in [1.54, 1.807) is 5.57 Å². The molecule has 3 aliphatic carbocycles. The minimum Gasteiger partial charge on any atom is -0.396 e. The van der Waals surface area contributed by atoms with Crippen LogP contribution in [0.15, 0.2) is 17.8 Å². The Kier molecular flexibility index (Phi) is 4.55. The maximum atomic E-state index is 10.4. The number of allylic oxidation sites excluding steroid dienone is 2. The van der Waals surface area contributed by atoms with Gasteiger partial charge >= 0.3 is 0 Å². The van der Waals surface area contributed by atoms with Gasteiger partial charge in [-0.25, -0.2) is 0 Å². The van der Waals surface area contributed by atoms with Gasteiger partial charge in [0, 0.05) is 18.9 Å². The zero-order valence-electron chi connectivity index (χ0n) is 16.5. The lowest BCUT2D eigenvalue weighted by Gasteiger charge is -2.55. The summed E-state index contributed by atoms with van der Waals surface area (Å²) in [6.07, 6.45) is 10.9. The Morgan fingerprint density at radius 2 is 2.04 bits per heavy atom. The topological polar surface area (TPSA) is 69.1 Å². The van der Waals surface area contributed by atoms with Gasteiger partial charge < -0.3 is 10.2 Å². The van der Waals surface area contributed by atoms with Gasteiger partial charge in [0.25, 0.3) is 0 Å². The van der Waals surface area contributed by atoms with E-state index in [1.807, 2.05) is 6.20 Å². The minimum atomic E-state index is 0.0268. The zero-order valence-corrected chi connectivity index (χ0v) is 16.5. The van der Waals surface area contributed by atoms with Gasteiger partial charge in [-0.05, 0) is 85.5 Å². The summed E-state index contributed by atoms with van der Waals surface area (Å²) in [6, 6.07) is 0. The first-order valence-electron chi connectivity index (χ1n) is 10.4. The molecule has 3 N–H and O–H groups in total. The molecular weight excluding hydrogens is 324 g/mol. The van der Waals surface area contributed by atoms with Gasteiger partial charge in [-0.15, -0.1) is 0 Å². The average Bonchev–Trinajstić information content (AvgIpc) is 3.22. The maximum absolute atomic E-state index is 10.4. The van der Waals surface area contributed by atoms with Crippen molar-refractivity contribution < 1.29 is 10.2 Å². The largest absolute Gasteiger partial charge is 0.396 e. The summed E-state index contributed by atoms with van der Waals surface area (Å²) in [5.41, 5.74) is 4.39. The van der Waals surface area contributed by atoms with Gasteiger partial charge in [0.2, 0.25) is 0 Å². The molecule has 1 aromatic rings. The summed E-state index contributed by atoms with van der Waals surface area (Å²) in [5.74, 6) is 1.60. The van der Waals surface area contributed by atoms with Crippen molar-refractivity contribution in [1.29, 1.82) is 0 Å². The Morgan fingerprint density at radius 3 is 2.73 bits per heavy atom. The first-order chi connectivity index (χ1) is 12.5. The van der Waals surface area contributed by atoms with Crippen LogP contribution in [0.4, 0.5) is 0 Å². The van der Waals surface area contributed by atoms with Gasteiger partial charge in [0.15, 0.2) is 0 Å². The molecule has 0 spiro atoms. The summed E-state index contributed by atoms with van der Waals surface area (Å²) in [5, 5.41) is 28.0. The molecule has 1 aromatic heterocycles. The van der Waals surface area contributed by atoms with E-state index in [9.17, 15) is 10.2 Å². The number of hydrogen-bond donors (Lipinski definition) is 3. The van der Waals surface area contributed by atoms with E-state index in [0.717, 1.165) is 19.3 Å². The molecule has 4 rings (SSSR count). The van der Waals surface area contributed by atoms with Gasteiger partial charge in [-0.1, -0.05) is 25.5 Å². The Hall–Kier alpha value is -1.13. The molecule has 2 fully saturated rings. The van der Waals surface area contributed by atoms with Gasteiger partial charge in [0.1, 0.15) is 0 Å². The second kappa shape index (κ2) is 6.49. The van der Waals surface area contributed by atoms with Crippen molar-refractivity contribution in [2.75, 3.05) is 13.2 Å². The third-order valence-electron chi connectivity index (χ3n) is 8.67. The Balaban J connectivity index is 1.69. The smallest absolute Gasteiger partial charge is 0.0522 e. The molecule has 6 atom stereocenters. The predicted octanol–water partition coefficient (Wildman–Crippen LogP) is 3.50. The van der Waals surface area contributed by atoms with Crippen molar-refractivity contribution in [1.82, 2.24) is 10.2 Å². The number of nitrogens with zero attached hydrogens (tertiary/aromatic N) is 1. The van der Waals surface area contributed by atoms with E-state index in [1.165, 1.54) is 30.5 Å². The summed E-state index contributed by atoms with van der Waals surface area (Å²) in [4.78, 5) is 0. The molecular formula is C22H34N2O2. The molecule has 0 amide bonds. The molecule has 0 unspecified atom stereocenters. The molecule has 26 heavy (non-hydrogen) atoms. The van der Waals surface area contributed by atoms with Crippen LogP contribution in [0.1, 0.15) is 57.7 Å². The van der Waals surface area contributed by atoms with Crippen LogP contribution in [0.25, 0.3) is 0 Å². The van der Waals surface area contributed by atoms with Crippen LogP contribution in [-0.2, 0) is 12.8 Å². The van der Waals surface area contributed by atoms with E-state index in [-0.39, 0.29) is 30.0 Å². The molecule has 4 nitrogen and oxygen atoms in total. The molecule has 4 heteroatoms. The lowest BCUT2D eigenvalue weighted by molar-refractivity contribution is -0.0738. The lowest BCUT2D eigenvalue weighted by atomic mass is 9.49. The van der Waals surface area contributed by atoms with Crippen LogP contribution in [-0.4, -0.2) is 33.6 Å². The first kappa shape index (κ1) is 18.2. The molecule has 0 radical (unpaired) electrons. The van der Waals surface area contributed by atoms with E-state index in [2.05, 4.69) is 37.0 Å². The Bertz CT molecular complexity index is 696. The molecule has 0 saturated heterocycles. The summed E-state index contributed by atoms with van der Waals surface area (Å²) >= 11 is 0. The monoisotopic (exact) mass is 358 g/mol. The van der Waals surface area contributed by atoms with E-state index in [0.29, 0.717) is 17.8 Å². The molecule has 144 valence electrons. The van der Waals surface area contributed by atoms with Crippen molar-refractivity contribution in [3.63, 3.8) is 0 Å². The highest BCUT2D eigenvalue weighted by Crippen LogP contribution is 2.63. The number of aliphatic hydroxyl groups is 2. The summed E-state index contributed by atoms with van der Waals surface area (Å²) in [6.45, 7) is 7.46. The van der Waals surface area contributed by atoms with E-state index < -0.39 is 0 Å². The molecule has 3 aliphatic rings. The fraction of sp³-hybridized carbons (Fsp3) is 0.773. The summed E-state index contributed by atoms with van der Waals surface area (Å²) in [7, 11) is 0. The highest BCUT2D eigenvalue weighted by Gasteiger charge is 2.56. The number of rotatable bonds is 3. The highest BCUT2D eigenvalue weighted by atomic mass is 16.3. The van der Waals surface area contributed by atoms with Crippen molar-refractivity contribution >= 4 is 0 Å². The minimum absolute atomic E-state index is 0.0268. The molecule has 0 aromatic carbocycles. The van der Waals surface area contributed by atoms with Crippen LogP contribution >= 0.6 is 0 Å². The van der Waals surface area contributed by atoms with Crippen LogP contribution in [0.3, 0.4) is 0 Å². The van der Waals surface area contributed by atoms with Crippen molar-refractivity contribution in [2.45, 2.75) is 59.3 Å². The molecule has 2 saturated carbocycles. The fourth-order valence-corrected chi connectivity index (χ4v) is 7.09. The average molecular weight is 359 g/mol. The van der Waals surface area contributed by atoms with Crippen molar-refractivity contribution in [3.05, 3.63) is 29.1 Å². The van der Waals surface area contributed by atoms with Crippen LogP contribution in [0.2, 0.25) is 0 Å². The van der Waals surface area contributed by atoms with Gasteiger partial charge in [-0.3, -0.25) is 5.10 Å². The SMILES string of the molecule is C/C=C1\CC[C@H]2[C@H](CO)[C@@H]([C@@]3(C)Cc4cn[nH]c4C[C@@H]3CO)CC[C@]12C. The highest BCUT2D eigenvalue weighted by molar-refractivity contribution is 5.27. The Morgan fingerprint density at radius 1 is 1.23 bits per heavy atom. The summed E-state index contributed by atoms with van der Waals surface area (Å²) < 4.78 is 0. The van der Waals surface area contributed by atoms with Gasteiger partial charge in [-0.2, -0.15) is 5.10 Å². The Labute approximate surface area is 157 Å². The number of fused-ring (bicyclic) bond motifs is 2. The molecule has 0 bridgehead atoms. The number of aromatic amines is 1. The van der Waals surface area contributed by atoms with Crippen molar-refractivity contribution in [2.24, 2.45) is 34.5 Å². The number of aliphatic hydroxyl groups excluding tert-OH is 2. The first-order valence-corrected chi connectivity index (χ1v) is 10.4.